The van der Waals surface area contributed by atoms with Gasteiger partial charge in [-0.1, -0.05) is 34.6 Å². The zero-order valence-corrected chi connectivity index (χ0v) is 14.3. The van der Waals surface area contributed by atoms with Gasteiger partial charge in [0, 0.05) is 5.41 Å². The molecule has 1 aliphatic heterocycles. The van der Waals surface area contributed by atoms with E-state index < -0.39 is 6.10 Å². The molecule has 4 atom stereocenters. The van der Waals surface area contributed by atoms with Gasteiger partial charge >= 0.3 is 0 Å². The SMILES string of the molecule is C[C@H](OC[C@@H](O)CO)C1COC(C(C)(C)CC(C)(C)C)O1. The molecule has 0 aromatic heterocycles. The molecule has 126 valence electrons. The summed E-state index contributed by atoms with van der Waals surface area (Å²) in [7, 11) is 0. The summed E-state index contributed by atoms with van der Waals surface area (Å²) in [5.74, 6) is 0. The number of hydrogen-bond donors (Lipinski definition) is 2. The van der Waals surface area contributed by atoms with Crippen LogP contribution in [0.5, 0.6) is 0 Å². The number of hydrogen-bond acceptors (Lipinski definition) is 5. The summed E-state index contributed by atoms with van der Waals surface area (Å²) in [6.07, 6.45) is -0.407. The molecule has 0 aromatic rings. The Morgan fingerprint density at radius 3 is 2.38 bits per heavy atom. The van der Waals surface area contributed by atoms with E-state index in [1.54, 1.807) is 0 Å². The Hall–Kier alpha value is -0.200. The highest BCUT2D eigenvalue weighted by atomic mass is 16.7. The normalized spacial score (nSPS) is 26.9. The monoisotopic (exact) mass is 304 g/mol. The molecule has 2 unspecified atom stereocenters. The second kappa shape index (κ2) is 7.38. The van der Waals surface area contributed by atoms with Crippen LogP contribution in [0.1, 0.15) is 48.0 Å². The van der Waals surface area contributed by atoms with Crippen molar-refractivity contribution in [2.24, 2.45) is 10.8 Å². The zero-order valence-electron chi connectivity index (χ0n) is 14.3. The van der Waals surface area contributed by atoms with Crippen molar-refractivity contribution in [2.75, 3.05) is 19.8 Å². The summed E-state index contributed by atoms with van der Waals surface area (Å²) in [5, 5.41) is 18.1. The van der Waals surface area contributed by atoms with Crippen LogP contribution in [0.4, 0.5) is 0 Å². The molecule has 0 amide bonds. The van der Waals surface area contributed by atoms with E-state index in [4.69, 9.17) is 19.3 Å². The van der Waals surface area contributed by atoms with E-state index >= 15 is 0 Å². The fourth-order valence-electron chi connectivity index (χ4n) is 2.95. The molecular weight excluding hydrogens is 272 g/mol. The Bertz CT molecular complexity index is 310. The van der Waals surface area contributed by atoms with E-state index in [2.05, 4.69) is 34.6 Å². The molecule has 0 saturated carbocycles. The summed E-state index contributed by atoms with van der Waals surface area (Å²) in [5.41, 5.74) is 0.138. The topological polar surface area (TPSA) is 68.2 Å². The van der Waals surface area contributed by atoms with Crippen LogP contribution >= 0.6 is 0 Å². The number of aliphatic hydroxyl groups excluding tert-OH is 2. The fraction of sp³-hybridized carbons (Fsp3) is 1.00. The zero-order chi connectivity index (χ0) is 16.3. The third-order valence-electron chi connectivity index (χ3n) is 3.62. The van der Waals surface area contributed by atoms with Crippen LogP contribution < -0.4 is 0 Å². The molecule has 0 aromatic carbocycles. The average molecular weight is 304 g/mol. The van der Waals surface area contributed by atoms with Crippen molar-refractivity contribution in [1.29, 1.82) is 0 Å². The first kappa shape index (κ1) is 18.8. The van der Waals surface area contributed by atoms with Crippen molar-refractivity contribution in [1.82, 2.24) is 0 Å². The van der Waals surface area contributed by atoms with Crippen molar-refractivity contribution in [3.05, 3.63) is 0 Å². The maximum absolute atomic E-state index is 9.31. The maximum atomic E-state index is 9.31. The smallest absolute Gasteiger partial charge is 0.163 e. The third kappa shape index (κ3) is 6.20. The van der Waals surface area contributed by atoms with Crippen LogP contribution in [0.15, 0.2) is 0 Å². The Balaban J connectivity index is 2.47. The second-order valence-electron chi connectivity index (χ2n) is 7.94. The standard InChI is InChI=1S/C16H32O5/c1-11(19-8-12(18)7-17)13-9-20-14(21-13)16(5,6)10-15(2,3)4/h11-14,17-18H,7-10H2,1-6H3/t11-,12-,13?,14?/m0/s1. The predicted molar refractivity (Wildman–Crippen MR) is 81.0 cm³/mol. The number of ether oxygens (including phenoxy) is 3. The van der Waals surface area contributed by atoms with Crippen LogP contribution in [0.2, 0.25) is 0 Å². The molecule has 2 N–H and O–H groups in total. The minimum Gasteiger partial charge on any atom is -0.394 e. The van der Waals surface area contributed by atoms with Crippen molar-refractivity contribution in [3.8, 4) is 0 Å². The Morgan fingerprint density at radius 2 is 1.86 bits per heavy atom. The lowest BCUT2D eigenvalue weighted by atomic mass is 9.76. The molecule has 1 saturated heterocycles. The first-order valence-electron chi connectivity index (χ1n) is 7.73. The van der Waals surface area contributed by atoms with Crippen molar-refractivity contribution in [2.45, 2.75) is 72.6 Å². The molecule has 1 heterocycles. The van der Waals surface area contributed by atoms with E-state index in [1.165, 1.54) is 0 Å². The lowest BCUT2D eigenvalue weighted by Gasteiger charge is -2.36. The molecule has 0 spiro atoms. The molecule has 0 aliphatic carbocycles. The molecule has 1 fully saturated rings. The summed E-state index contributed by atoms with van der Waals surface area (Å²) >= 11 is 0. The van der Waals surface area contributed by atoms with Crippen LogP contribution in [0.25, 0.3) is 0 Å². The van der Waals surface area contributed by atoms with E-state index in [0.29, 0.717) is 6.61 Å². The van der Waals surface area contributed by atoms with Crippen molar-refractivity contribution < 1.29 is 24.4 Å². The van der Waals surface area contributed by atoms with Crippen LogP contribution in [0.3, 0.4) is 0 Å². The maximum Gasteiger partial charge on any atom is 0.163 e. The first-order valence-corrected chi connectivity index (χ1v) is 7.73. The lowest BCUT2D eigenvalue weighted by Crippen LogP contribution is -2.36. The van der Waals surface area contributed by atoms with Gasteiger partial charge in [0.15, 0.2) is 6.29 Å². The van der Waals surface area contributed by atoms with E-state index in [-0.39, 0.29) is 42.5 Å². The third-order valence-corrected chi connectivity index (χ3v) is 3.62. The largest absolute Gasteiger partial charge is 0.394 e. The quantitative estimate of drug-likeness (QED) is 0.752. The lowest BCUT2D eigenvalue weighted by molar-refractivity contribution is -0.157. The molecule has 0 radical (unpaired) electrons. The Labute approximate surface area is 128 Å². The summed E-state index contributed by atoms with van der Waals surface area (Å²) in [6.45, 7) is 13.2. The molecule has 1 aliphatic rings. The van der Waals surface area contributed by atoms with Gasteiger partial charge in [0.2, 0.25) is 0 Å². The van der Waals surface area contributed by atoms with Gasteiger partial charge in [0.25, 0.3) is 0 Å². The molecule has 5 heteroatoms. The molecular formula is C16H32O5. The first-order chi connectivity index (χ1) is 9.55. The van der Waals surface area contributed by atoms with Gasteiger partial charge in [-0.2, -0.15) is 0 Å². The summed E-state index contributed by atoms with van der Waals surface area (Å²) < 4.78 is 17.4. The van der Waals surface area contributed by atoms with Crippen molar-refractivity contribution >= 4 is 0 Å². The molecule has 0 bridgehead atoms. The highest BCUT2D eigenvalue weighted by molar-refractivity contribution is 4.84. The van der Waals surface area contributed by atoms with Gasteiger partial charge in [-0.25, -0.2) is 0 Å². The molecule has 1 rings (SSSR count). The van der Waals surface area contributed by atoms with Gasteiger partial charge in [0.1, 0.15) is 12.2 Å². The summed E-state index contributed by atoms with van der Waals surface area (Å²) in [4.78, 5) is 0. The highest BCUT2D eigenvalue weighted by Gasteiger charge is 2.42. The highest BCUT2D eigenvalue weighted by Crippen LogP contribution is 2.40. The molecule has 21 heavy (non-hydrogen) atoms. The Kier molecular flexibility index (Phi) is 6.62. The minimum absolute atomic E-state index is 0.0721. The second-order valence-corrected chi connectivity index (χ2v) is 7.94. The Morgan fingerprint density at radius 1 is 1.24 bits per heavy atom. The van der Waals surface area contributed by atoms with E-state index in [0.717, 1.165) is 6.42 Å². The fourth-order valence-corrected chi connectivity index (χ4v) is 2.95. The van der Waals surface area contributed by atoms with Gasteiger partial charge in [0.05, 0.1) is 25.9 Å². The number of aliphatic hydroxyl groups is 2. The molecule has 5 nitrogen and oxygen atoms in total. The van der Waals surface area contributed by atoms with Crippen LogP contribution in [-0.4, -0.2) is 54.6 Å². The van der Waals surface area contributed by atoms with Gasteiger partial charge in [-0.3, -0.25) is 0 Å². The van der Waals surface area contributed by atoms with Crippen LogP contribution in [0, 0.1) is 10.8 Å². The van der Waals surface area contributed by atoms with E-state index in [9.17, 15) is 5.11 Å². The minimum atomic E-state index is -0.845. The van der Waals surface area contributed by atoms with Gasteiger partial charge < -0.3 is 24.4 Å². The van der Waals surface area contributed by atoms with Gasteiger partial charge in [-0.05, 0) is 18.8 Å². The van der Waals surface area contributed by atoms with Gasteiger partial charge in [-0.15, -0.1) is 0 Å². The predicted octanol–water partition coefficient (Wildman–Crippen LogP) is 1.95. The van der Waals surface area contributed by atoms with E-state index in [1.807, 2.05) is 6.92 Å². The van der Waals surface area contributed by atoms with Crippen molar-refractivity contribution in [3.63, 3.8) is 0 Å². The average Bonchev–Trinajstić information content (AvgIpc) is 2.82. The summed E-state index contributed by atoms with van der Waals surface area (Å²) in [6, 6.07) is 0. The van der Waals surface area contributed by atoms with Crippen LogP contribution in [-0.2, 0) is 14.2 Å². The number of rotatable bonds is 7.